The largest absolute Gasteiger partial charge is 0.393 e. The lowest BCUT2D eigenvalue weighted by Crippen LogP contribution is -2.57. The van der Waals surface area contributed by atoms with Crippen LogP contribution >= 0.6 is 0 Å². The highest BCUT2D eigenvalue weighted by atomic mass is 16.3. The zero-order chi connectivity index (χ0) is 11.3. The minimum atomic E-state index is -0.357. The van der Waals surface area contributed by atoms with Gasteiger partial charge in [0, 0.05) is 11.8 Å². The molecule has 88 valence electrons. The lowest BCUT2D eigenvalue weighted by atomic mass is 9.58. The Bertz CT molecular complexity index is 341. The third-order valence-corrected chi connectivity index (χ3v) is 4.58. The van der Waals surface area contributed by atoms with E-state index in [-0.39, 0.29) is 35.7 Å². The average Bonchev–Trinajstić information content (AvgIpc) is 2.25. The number of aliphatic hydroxyl groups is 1. The summed E-state index contributed by atoms with van der Waals surface area (Å²) in [7, 11) is 0. The molecule has 4 heteroatoms. The second kappa shape index (κ2) is 3.55. The van der Waals surface area contributed by atoms with Gasteiger partial charge < -0.3 is 5.11 Å². The van der Waals surface area contributed by atoms with Crippen LogP contribution in [0.15, 0.2) is 0 Å². The van der Waals surface area contributed by atoms with Gasteiger partial charge in [-0.05, 0) is 31.1 Å². The molecule has 5 atom stereocenters. The molecule has 0 aromatic rings. The zero-order valence-corrected chi connectivity index (χ0v) is 9.19. The van der Waals surface area contributed by atoms with Gasteiger partial charge in [-0.15, -0.1) is 0 Å². The van der Waals surface area contributed by atoms with Crippen LogP contribution in [-0.4, -0.2) is 23.0 Å². The number of aliphatic hydroxyl groups excluding tert-OH is 1. The SMILES string of the molecule is O=C1NC(=O)C2CC(O)CC3CCCC1C32. The van der Waals surface area contributed by atoms with E-state index in [1.165, 1.54) is 0 Å². The van der Waals surface area contributed by atoms with Gasteiger partial charge in [-0.2, -0.15) is 0 Å². The van der Waals surface area contributed by atoms with Crippen LogP contribution in [0.2, 0.25) is 0 Å². The van der Waals surface area contributed by atoms with Crippen LogP contribution in [0.1, 0.15) is 32.1 Å². The van der Waals surface area contributed by atoms with Crippen LogP contribution in [0.25, 0.3) is 0 Å². The normalized spacial score (nSPS) is 47.2. The summed E-state index contributed by atoms with van der Waals surface area (Å²) in [5, 5.41) is 12.2. The van der Waals surface area contributed by atoms with E-state index in [1.807, 2.05) is 0 Å². The molecule has 5 unspecified atom stereocenters. The van der Waals surface area contributed by atoms with E-state index in [2.05, 4.69) is 5.32 Å². The second-order valence-electron chi connectivity index (χ2n) is 5.46. The summed E-state index contributed by atoms with van der Waals surface area (Å²) in [5.41, 5.74) is 0. The quantitative estimate of drug-likeness (QED) is 0.586. The van der Waals surface area contributed by atoms with E-state index in [9.17, 15) is 14.7 Å². The number of amides is 2. The summed E-state index contributed by atoms with van der Waals surface area (Å²) in [5.74, 6) is 0.246. The highest BCUT2D eigenvalue weighted by Gasteiger charge is 2.51. The average molecular weight is 223 g/mol. The van der Waals surface area contributed by atoms with E-state index in [1.54, 1.807) is 0 Å². The first-order valence-electron chi connectivity index (χ1n) is 6.19. The molecule has 0 aromatic carbocycles. The van der Waals surface area contributed by atoms with Gasteiger partial charge in [-0.3, -0.25) is 14.9 Å². The molecule has 4 nitrogen and oxygen atoms in total. The van der Waals surface area contributed by atoms with Gasteiger partial charge in [0.1, 0.15) is 0 Å². The highest BCUT2D eigenvalue weighted by molar-refractivity contribution is 6.00. The van der Waals surface area contributed by atoms with Crippen molar-refractivity contribution < 1.29 is 14.7 Å². The molecule has 16 heavy (non-hydrogen) atoms. The highest BCUT2D eigenvalue weighted by Crippen LogP contribution is 2.48. The topological polar surface area (TPSA) is 66.4 Å². The lowest BCUT2D eigenvalue weighted by Gasteiger charge is -2.48. The maximum absolute atomic E-state index is 11.8. The first-order chi connectivity index (χ1) is 7.66. The van der Waals surface area contributed by atoms with E-state index in [0.717, 1.165) is 25.7 Å². The van der Waals surface area contributed by atoms with Crippen LogP contribution in [-0.2, 0) is 9.59 Å². The van der Waals surface area contributed by atoms with Crippen molar-refractivity contribution in [1.29, 1.82) is 0 Å². The Morgan fingerprint density at radius 3 is 2.62 bits per heavy atom. The second-order valence-corrected chi connectivity index (χ2v) is 5.46. The van der Waals surface area contributed by atoms with Crippen LogP contribution in [0.4, 0.5) is 0 Å². The summed E-state index contributed by atoms with van der Waals surface area (Å²) in [4.78, 5) is 23.5. The summed E-state index contributed by atoms with van der Waals surface area (Å²) in [6.45, 7) is 0. The van der Waals surface area contributed by atoms with Gasteiger partial charge >= 0.3 is 0 Å². The van der Waals surface area contributed by atoms with Gasteiger partial charge in [0.15, 0.2) is 0 Å². The minimum absolute atomic E-state index is 0.0222. The Balaban J connectivity index is 1.94. The zero-order valence-electron chi connectivity index (χ0n) is 9.19. The van der Waals surface area contributed by atoms with Crippen molar-refractivity contribution in [1.82, 2.24) is 5.32 Å². The first-order valence-corrected chi connectivity index (χ1v) is 6.19. The Kier molecular flexibility index (Phi) is 2.28. The number of carbonyl (C=O) groups is 2. The van der Waals surface area contributed by atoms with Crippen molar-refractivity contribution >= 4 is 11.8 Å². The number of carbonyl (C=O) groups excluding carboxylic acids is 2. The first kappa shape index (κ1) is 10.3. The number of hydrogen-bond acceptors (Lipinski definition) is 3. The van der Waals surface area contributed by atoms with Gasteiger partial charge in [-0.25, -0.2) is 0 Å². The number of hydrogen-bond donors (Lipinski definition) is 2. The molecule has 2 saturated carbocycles. The van der Waals surface area contributed by atoms with Crippen LogP contribution in [0.5, 0.6) is 0 Å². The number of nitrogens with one attached hydrogen (secondary N) is 1. The van der Waals surface area contributed by atoms with Gasteiger partial charge in [-0.1, -0.05) is 12.8 Å². The molecule has 0 radical (unpaired) electrons. The van der Waals surface area contributed by atoms with E-state index in [4.69, 9.17) is 0 Å². The maximum Gasteiger partial charge on any atom is 0.230 e. The molecule has 1 aliphatic heterocycles. The molecular weight excluding hydrogens is 206 g/mol. The summed E-state index contributed by atoms with van der Waals surface area (Å²) in [6, 6.07) is 0. The fourth-order valence-electron chi connectivity index (χ4n) is 3.99. The molecule has 0 spiro atoms. The molecule has 1 heterocycles. The van der Waals surface area contributed by atoms with Crippen molar-refractivity contribution in [3.05, 3.63) is 0 Å². The molecule has 2 amide bonds. The fraction of sp³-hybridized carbons (Fsp3) is 0.833. The summed E-state index contributed by atoms with van der Waals surface area (Å²) in [6.07, 6.45) is 3.98. The van der Waals surface area contributed by atoms with E-state index in [0.29, 0.717) is 12.3 Å². The smallest absolute Gasteiger partial charge is 0.230 e. The molecule has 3 aliphatic rings. The third-order valence-electron chi connectivity index (χ3n) is 4.58. The molecule has 2 aliphatic carbocycles. The van der Waals surface area contributed by atoms with E-state index >= 15 is 0 Å². The predicted octanol–water partition coefficient (Wildman–Crippen LogP) is 0.446. The molecule has 2 N–H and O–H groups in total. The van der Waals surface area contributed by atoms with Gasteiger partial charge in [0.25, 0.3) is 0 Å². The fourth-order valence-corrected chi connectivity index (χ4v) is 3.99. The summed E-state index contributed by atoms with van der Waals surface area (Å²) >= 11 is 0. The Morgan fingerprint density at radius 2 is 1.81 bits per heavy atom. The number of imide groups is 1. The predicted molar refractivity (Wildman–Crippen MR) is 56.2 cm³/mol. The lowest BCUT2D eigenvalue weighted by molar-refractivity contribution is -0.153. The molecule has 3 rings (SSSR count). The van der Waals surface area contributed by atoms with Crippen molar-refractivity contribution in [2.45, 2.75) is 38.2 Å². The molecule has 1 saturated heterocycles. The van der Waals surface area contributed by atoms with Gasteiger partial charge in [0.05, 0.1) is 6.10 Å². The minimum Gasteiger partial charge on any atom is -0.393 e. The van der Waals surface area contributed by atoms with Crippen LogP contribution in [0, 0.1) is 23.7 Å². The molecule has 3 fully saturated rings. The van der Waals surface area contributed by atoms with Crippen molar-refractivity contribution in [3.8, 4) is 0 Å². The third kappa shape index (κ3) is 1.39. The maximum atomic E-state index is 11.8. The monoisotopic (exact) mass is 223 g/mol. The van der Waals surface area contributed by atoms with Crippen LogP contribution < -0.4 is 5.32 Å². The van der Waals surface area contributed by atoms with Crippen molar-refractivity contribution in [2.75, 3.05) is 0 Å². The Hall–Kier alpha value is -0.900. The van der Waals surface area contributed by atoms with Gasteiger partial charge in [0.2, 0.25) is 11.8 Å². The molecule has 0 bridgehead atoms. The van der Waals surface area contributed by atoms with Crippen molar-refractivity contribution in [2.24, 2.45) is 23.7 Å². The van der Waals surface area contributed by atoms with E-state index < -0.39 is 0 Å². The number of piperidine rings is 1. The van der Waals surface area contributed by atoms with Crippen LogP contribution in [0.3, 0.4) is 0 Å². The Labute approximate surface area is 94.4 Å². The summed E-state index contributed by atoms with van der Waals surface area (Å²) < 4.78 is 0. The van der Waals surface area contributed by atoms with Crippen molar-refractivity contribution in [3.63, 3.8) is 0 Å². The molecule has 0 aromatic heterocycles. The number of rotatable bonds is 0. The Morgan fingerprint density at radius 1 is 1.06 bits per heavy atom. The standard InChI is InChI=1S/C12H17NO3/c14-7-4-6-2-1-3-8-10(6)9(5-7)12(16)13-11(8)15/h6-10,14H,1-5H2,(H,13,15,16). The molecular formula is C12H17NO3.